The van der Waals surface area contributed by atoms with E-state index in [0.717, 1.165) is 11.6 Å². The van der Waals surface area contributed by atoms with Crippen LogP contribution < -0.4 is 10.3 Å². The van der Waals surface area contributed by atoms with Gasteiger partial charge in [-0.25, -0.2) is 17.6 Å². The van der Waals surface area contributed by atoms with Crippen LogP contribution in [0.15, 0.2) is 93.5 Å². The molecule has 0 aliphatic heterocycles. The smallest absolute Gasteiger partial charge is 0.344 e. The molecule has 0 aliphatic carbocycles. The third-order valence-electron chi connectivity index (χ3n) is 5.07. The van der Waals surface area contributed by atoms with E-state index in [1.54, 1.807) is 60.7 Å². The monoisotopic (exact) mass is 449 g/mol. The molecule has 0 unspecified atom stereocenters. The Morgan fingerprint density at radius 1 is 1.00 bits per heavy atom. The van der Waals surface area contributed by atoms with Crippen molar-refractivity contribution in [3.05, 3.63) is 107 Å². The topological polar surface area (TPSA) is 76.4 Å². The molecule has 1 heterocycles. The van der Waals surface area contributed by atoms with Crippen LogP contribution in [0.25, 0.3) is 22.1 Å². The molecule has 0 aliphatic rings. The third kappa shape index (κ3) is 4.20. The maximum Gasteiger partial charge on any atom is 0.344 e. The number of anilines is 1. The number of rotatable bonds is 6. The van der Waals surface area contributed by atoms with Gasteiger partial charge in [0.1, 0.15) is 11.6 Å². The average Bonchev–Trinajstić information content (AvgIpc) is 2.76. The van der Waals surface area contributed by atoms with E-state index in [1.165, 1.54) is 6.07 Å². The summed E-state index contributed by atoms with van der Waals surface area (Å²) in [7, 11) is -3.74. The number of halogens is 1. The molecule has 0 spiro atoms. The van der Waals surface area contributed by atoms with Gasteiger partial charge in [-0.1, -0.05) is 29.8 Å². The van der Waals surface area contributed by atoms with Gasteiger partial charge in [0, 0.05) is 16.8 Å². The molecule has 32 heavy (non-hydrogen) atoms. The molecular weight excluding hydrogens is 429 g/mol. The normalized spacial score (nSPS) is 11.4. The van der Waals surface area contributed by atoms with Crippen molar-refractivity contribution in [2.75, 3.05) is 4.72 Å². The number of fused-ring (bicyclic) bond motifs is 1. The van der Waals surface area contributed by atoms with E-state index in [4.69, 9.17) is 4.42 Å². The first-order valence-corrected chi connectivity index (χ1v) is 11.3. The standard InChI is InChI=1S/C25H20FNO4S/c1-3-4-22-21-14-9-18(26)15-23(21)25(28)31-24(22)17-7-10-19(11-8-17)27-32(29,30)20-12-5-16(2)6-13-20/h3,5-15,27H,1,4H2,2H3. The fourth-order valence-electron chi connectivity index (χ4n) is 3.48. The minimum Gasteiger partial charge on any atom is -0.422 e. The van der Waals surface area contributed by atoms with Gasteiger partial charge >= 0.3 is 5.63 Å². The fourth-order valence-corrected chi connectivity index (χ4v) is 4.54. The molecule has 0 amide bonds. The molecule has 1 aromatic heterocycles. The quantitative estimate of drug-likeness (QED) is 0.398. The van der Waals surface area contributed by atoms with Crippen LogP contribution in [0.3, 0.4) is 0 Å². The van der Waals surface area contributed by atoms with Gasteiger partial charge in [-0.05, 0) is 67.3 Å². The van der Waals surface area contributed by atoms with E-state index in [-0.39, 0.29) is 10.3 Å². The number of nitrogens with one attached hydrogen (secondary N) is 1. The van der Waals surface area contributed by atoms with Crippen molar-refractivity contribution in [1.82, 2.24) is 0 Å². The molecule has 4 aromatic rings. The SMILES string of the molecule is C=CCc1c(-c2ccc(NS(=O)(=O)c3ccc(C)cc3)cc2)oc(=O)c2cc(F)ccc12. The highest BCUT2D eigenvalue weighted by atomic mass is 32.2. The van der Waals surface area contributed by atoms with Crippen molar-refractivity contribution < 1.29 is 17.2 Å². The number of benzene rings is 3. The molecule has 3 aromatic carbocycles. The lowest BCUT2D eigenvalue weighted by atomic mass is 9.99. The number of allylic oxidation sites excluding steroid dienone is 1. The third-order valence-corrected chi connectivity index (χ3v) is 6.47. The van der Waals surface area contributed by atoms with E-state index < -0.39 is 21.5 Å². The van der Waals surface area contributed by atoms with E-state index in [2.05, 4.69) is 11.3 Å². The molecule has 0 bridgehead atoms. The summed E-state index contributed by atoms with van der Waals surface area (Å²) in [5, 5.41) is 0.745. The molecule has 5 nitrogen and oxygen atoms in total. The summed E-state index contributed by atoms with van der Waals surface area (Å²) in [6.07, 6.45) is 2.08. The Morgan fingerprint density at radius 3 is 2.34 bits per heavy atom. The van der Waals surface area contributed by atoms with Crippen molar-refractivity contribution in [2.45, 2.75) is 18.2 Å². The largest absolute Gasteiger partial charge is 0.422 e. The summed E-state index contributed by atoms with van der Waals surface area (Å²) < 4.78 is 46.9. The van der Waals surface area contributed by atoms with Crippen LogP contribution in [0.5, 0.6) is 0 Å². The van der Waals surface area contributed by atoms with Gasteiger partial charge in [-0.2, -0.15) is 0 Å². The average molecular weight is 450 g/mol. The summed E-state index contributed by atoms with van der Waals surface area (Å²) in [4.78, 5) is 12.6. The van der Waals surface area contributed by atoms with Gasteiger partial charge in [-0.3, -0.25) is 4.72 Å². The van der Waals surface area contributed by atoms with Crippen molar-refractivity contribution >= 4 is 26.5 Å². The van der Waals surface area contributed by atoms with Crippen LogP contribution in [0.2, 0.25) is 0 Å². The van der Waals surface area contributed by atoms with Gasteiger partial charge in [0.25, 0.3) is 10.0 Å². The predicted octanol–water partition coefficient (Wildman–Crippen LogP) is 5.44. The highest BCUT2D eigenvalue weighted by molar-refractivity contribution is 7.92. The zero-order chi connectivity index (χ0) is 22.9. The lowest BCUT2D eigenvalue weighted by Gasteiger charge is -2.12. The summed E-state index contributed by atoms with van der Waals surface area (Å²) in [6.45, 7) is 5.64. The molecule has 0 saturated heterocycles. The maximum absolute atomic E-state index is 13.6. The Bertz CT molecular complexity index is 1470. The predicted molar refractivity (Wildman–Crippen MR) is 124 cm³/mol. The molecule has 7 heteroatoms. The van der Waals surface area contributed by atoms with Crippen molar-refractivity contribution in [3.63, 3.8) is 0 Å². The Kier molecular flexibility index (Phi) is 5.67. The number of hydrogen-bond acceptors (Lipinski definition) is 4. The van der Waals surface area contributed by atoms with Crippen molar-refractivity contribution in [1.29, 1.82) is 0 Å². The van der Waals surface area contributed by atoms with E-state index in [0.29, 0.717) is 34.4 Å². The summed E-state index contributed by atoms with van der Waals surface area (Å²) >= 11 is 0. The Morgan fingerprint density at radius 2 is 1.69 bits per heavy atom. The van der Waals surface area contributed by atoms with Crippen LogP contribution in [0.4, 0.5) is 10.1 Å². The first-order valence-electron chi connectivity index (χ1n) is 9.84. The van der Waals surface area contributed by atoms with Crippen LogP contribution >= 0.6 is 0 Å². The Balaban J connectivity index is 1.72. The zero-order valence-corrected chi connectivity index (χ0v) is 18.1. The number of hydrogen-bond donors (Lipinski definition) is 1. The highest BCUT2D eigenvalue weighted by Crippen LogP contribution is 2.30. The molecule has 162 valence electrons. The summed E-state index contributed by atoms with van der Waals surface area (Å²) in [5.41, 5.74) is 1.96. The minimum absolute atomic E-state index is 0.160. The van der Waals surface area contributed by atoms with Gasteiger partial charge in [-0.15, -0.1) is 6.58 Å². The van der Waals surface area contributed by atoms with Gasteiger partial charge in [0.2, 0.25) is 0 Å². The molecular formula is C25H20FNO4S. The summed E-state index contributed by atoms with van der Waals surface area (Å²) in [5.74, 6) is -0.186. The van der Waals surface area contributed by atoms with E-state index in [1.807, 2.05) is 6.92 Å². The second kappa shape index (κ2) is 8.43. The summed E-state index contributed by atoms with van der Waals surface area (Å²) in [6, 6.07) is 17.0. The second-order valence-electron chi connectivity index (χ2n) is 7.38. The number of sulfonamides is 1. The van der Waals surface area contributed by atoms with Crippen LogP contribution in [0.1, 0.15) is 11.1 Å². The molecule has 4 rings (SSSR count). The van der Waals surface area contributed by atoms with Crippen molar-refractivity contribution in [2.24, 2.45) is 0 Å². The maximum atomic E-state index is 13.6. The van der Waals surface area contributed by atoms with Gasteiger partial charge in [0.05, 0.1) is 10.3 Å². The first-order chi connectivity index (χ1) is 15.3. The minimum atomic E-state index is -3.74. The fraction of sp³-hybridized carbons (Fsp3) is 0.0800. The van der Waals surface area contributed by atoms with E-state index in [9.17, 15) is 17.6 Å². The molecule has 0 fully saturated rings. The second-order valence-corrected chi connectivity index (χ2v) is 9.06. The molecule has 0 atom stereocenters. The zero-order valence-electron chi connectivity index (χ0n) is 17.3. The molecule has 1 N–H and O–H groups in total. The van der Waals surface area contributed by atoms with Crippen LogP contribution in [0, 0.1) is 12.7 Å². The number of aryl methyl sites for hydroxylation is 1. The van der Waals surface area contributed by atoms with Crippen LogP contribution in [-0.2, 0) is 16.4 Å². The van der Waals surface area contributed by atoms with Crippen LogP contribution in [-0.4, -0.2) is 8.42 Å². The first kappa shape index (κ1) is 21.5. The van der Waals surface area contributed by atoms with E-state index >= 15 is 0 Å². The molecule has 0 radical (unpaired) electrons. The Labute approximate surface area is 184 Å². The lowest BCUT2D eigenvalue weighted by molar-refractivity contribution is 0.529. The van der Waals surface area contributed by atoms with Gasteiger partial charge in [0.15, 0.2) is 0 Å². The van der Waals surface area contributed by atoms with Crippen molar-refractivity contribution in [3.8, 4) is 11.3 Å². The molecule has 0 saturated carbocycles. The highest BCUT2D eigenvalue weighted by Gasteiger charge is 2.17. The lowest BCUT2D eigenvalue weighted by Crippen LogP contribution is -2.12. The Hall–Kier alpha value is -3.71. The van der Waals surface area contributed by atoms with Gasteiger partial charge < -0.3 is 4.42 Å².